The first-order valence-corrected chi connectivity index (χ1v) is 10.8. The lowest BCUT2D eigenvalue weighted by atomic mass is 10.1. The molecule has 0 N–H and O–H groups in total. The third-order valence-electron chi connectivity index (χ3n) is 5.40. The van der Waals surface area contributed by atoms with Gasteiger partial charge in [-0.1, -0.05) is 91.0 Å². The summed E-state index contributed by atoms with van der Waals surface area (Å²) in [6, 6.07) is 32.1. The Morgan fingerprint density at radius 1 is 0.656 bits per heavy atom. The summed E-state index contributed by atoms with van der Waals surface area (Å²) in [5.74, 6) is 0. The Morgan fingerprint density at radius 2 is 1.12 bits per heavy atom. The van der Waals surface area contributed by atoms with Gasteiger partial charge < -0.3 is 18.9 Å². The second kappa shape index (κ2) is 11.6. The van der Waals surface area contributed by atoms with Gasteiger partial charge in [0, 0.05) is 0 Å². The lowest BCUT2D eigenvalue weighted by molar-refractivity contribution is -0.0896. The van der Waals surface area contributed by atoms with E-state index in [1.54, 1.807) is 0 Å². The summed E-state index contributed by atoms with van der Waals surface area (Å²) in [5.41, 5.74) is 3.18. The molecule has 1 heterocycles. The van der Waals surface area contributed by atoms with Crippen LogP contribution in [0.15, 0.2) is 91.0 Å². The molecule has 1 saturated heterocycles. The fourth-order valence-electron chi connectivity index (χ4n) is 3.75. The SMILES string of the molecule is N#CC1OC(COCc2ccccc2)C(OCc2ccccc2)C1OCc1ccccc1. The molecule has 0 amide bonds. The predicted molar refractivity (Wildman–Crippen MR) is 120 cm³/mol. The van der Waals surface area contributed by atoms with Crippen molar-refractivity contribution in [2.24, 2.45) is 0 Å². The average molecular weight is 430 g/mol. The highest BCUT2D eigenvalue weighted by atomic mass is 16.6. The van der Waals surface area contributed by atoms with Crippen molar-refractivity contribution in [3.63, 3.8) is 0 Å². The van der Waals surface area contributed by atoms with Crippen LogP contribution >= 0.6 is 0 Å². The largest absolute Gasteiger partial charge is 0.374 e. The Hall–Kier alpha value is -3.01. The van der Waals surface area contributed by atoms with E-state index in [0.29, 0.717) is 26.4 Å². The van der Waals surface area contributed by atoms with Crippen LogP contribution in [0.3, 0.4) is 0 Å². The summed E-state index contributed by atoms with van der Waals surface area (Å²) < 4.78 is 24.4. The molecule has 4 rings (SSSR count). The van der Waals surface area contributed by atoms with Gasteiger partial charge in [-0.05, 0) is 16.7 Å². The number of nitrogens with zero attached hydrogens (tertiary/aromatic N) is 1. The van der Waals surface area contributed by atoms with Crippen LogP contribution in [-0.4, -0.2) is 31.0 Å². The summed E-state index contributed by atoms with van der Waals surface area (Å²) in [6.07, 6.45) is -2.04. The van der Waals surface area contributed by atoms with E-state index in [-0.39, 0.29) is 0 Å². The van der Waals surface area contributed by atoms with Crippen molar-refractivity contribution in [3.05, 3.63) is 108 Å². The Bertz CT molecular complexity index is 975. The molecule has 4 atom stereocenters. The molecule has 0 aromatic heterocycles. The Labute approximate surface area is 189 Å². The normalized spacial score (nSPS) is 22.5. The Morgan fingerprint density at radius 3 is 1.62 bits per heavy atom. The second-order valence-corrected chi connectivity index (χ2v) is 7.75. The quantitative estimate of drug-likeness (QED) is 0.469. The van der Waals surface area contributed by atoms with E-state index < -0.39 is 24.4 Å². The minimum absolute atomic E-state index is 0.317. The maximum Gasteiger partial charge on any atom is 0.173 e. The molecule has 5 heteroatoms. The van der Waals surface area contributed by atoms with Crippen LogP contribution in [0.5, 0.6) is 0 Å². The lowest BCUT2D eigenvalue weighted by Gasteiger charge is -2.24. The molecule has 1 fully saturated rings. The average Bonchev–Trinajstić information content (AvgIpc) is 3.19. The molecule has 3 aromatic carbocycles. The van der Waals surface area contributed by atoms with Gasteiger partial charge in [0.1, 0.15) is 18.3 Å². The number of nitriles is 1. The summed E-state index contributed by atoms with van der Waals surface area (Å²) >= 11 is 0. The van der Waals surface area contributed by atoms with Gasteiger partial charge in [-0.2, -0.15) is 5.26 Å². The van der Waals surface area contributed by atoms with Gasteiger partial charge in [0.2, 0.25) is 0 Å². The Balaban J connectivity index is 1.43. The number of ether oxygens (including phenoxy) is 4. The van der Waals surface area contributed by atoms with E-state index in [4.69, 9.17) is 18.9 Å². The van der Waals surface area contributed by atoms with Gasteiger partial charge in [0.05, 0.1) is 32.5 Å². The van der Waals surface area contributed by atoms with Gasteiger partial charge in [-0.15, -0.1) is 0 Å². The summed E-state index contributed by atoms with van der Waals surface area (Å²) in [7, 11) is 0. The zero-order valence-corrected chi connectivity index (χ0v) is 17.9. The predicted octanol–water partition coefficient (Wildman–Crippen LogP) is 4.66. The first kappa shape index (κ1) is 22.2. The van der Waals surface area contributed by atoms with E-state index in [1.165, 1.54) is 0 Å². The zero-order valence-electron chi connectivity index (χ0n) is 17.9. The standard InChI is InChI=1S/C27H27NO4/c28-16-24-26(30-18-22-12-6-2-7-13-22)27(31-19-23-14-8-3-9-15-23)25(32-24)20-29-17-21-10-4-1-5-11-21/h1-15,24-27H,17-20H2. The number of benzene rings is 3. The van der Waals surface area contributed by atoms with Gasteiger partial charge in [-0.3, -0.25) is 0 Å². The molecule has 0 bridgehead atoms. The first-order chi connectivity index (χ1) is 15.8. The van der Waals surface area contributed by atoms with Crippen molar-refractivity contribution in [2.45, 2.75) is 44.2 Å². The molecule has 1 aliphatic heterocycles. The molecule has 5 nitrogen and oxygen atoms in total. The van der Waals surface area contributed by atoms with Crippen LogP contribution in [0.25, 0.3) is 0 Å². The van der Waals surface area contributed by atoms with E-state index in [9.17, 15) is 5.26 Å². The maximum atomic E-state index is 9.71. The van der Waals surface area contributed by atoms with E-state index in [1.807, 2.05) is 91.0 Å². The fraction of sp³-hybridized carbons (Fsp3) is 0.296. The van der Waals surface area contributed by atoms with Crippen LogP contribution in [0.2, 0.25) is 0 Å². The molecule has 0 saturated carbocycles. The van der Waals surface area contributed by atoms with E-state index >= 15 is 0 Å². The summed E-state index contributed by atoms with van der Waals surface area (Å²) in [4.78, 5) is 0. The van der Waals surface area contributed by atoms with Crippen LogP contribution in [0, 0.1) is 11.3 Å². The first-order valence-electron chi connectivity index (χ1n) is 10.8. The smallest absolute Gasteiger partial charge is 0.173 e. The van der Waals surface area contributed by atoms with Crippen LogP contribution in [0.1, 0.15) is 16.7 Å². The van der Waals surface area contributed by atoms with Crippen molar-refractivity contribution in [3.8, 4) is 6.07 Å². The molecule has 1 aliphatic rings. The summed E-state index contributed by atoms with van der Waals surface area (Å²) in [6.45, 7) is 1.58. The summed E-state index contributed by atoms with van der Waals surface area (Å²) in [5, 5.41) is 9.71. The lowest BCUT2D eigenvalue weighted by Crippen LogP contribution is -2.38. The molecular formula is C27H27NO4. The van der Waals surface area contributed by atoms with Gasteiger partial charge in [0.25, 0.3) is 0 Å². The minimum Gasteiger partial charge on any atom is -0.374 e. The molecular weight excluding hydrogens is 402 g/mol. The van der Waals surface area contributed by atoms with Crippen LogP contribution in [0.4, 0.5) is 0 Å². The van der Waals surface area contributed by atoms with Crippen molar-refractivity contribution in [1.82, 2.24) is 0 Å². The fourth-order valence-corrected chi connectivity index (χ4v) is 3.75. The van der Waals surface area contributed by atoms with E-state index in [0.717, 1.165) is 16.7 Å². The van der Waals surface area contributed by atoms with Gasteiger partial charge in [-0.25, -0.2) is 0 Å². The Kier molecular flexibility index (Phi) is 8.02. The molecule has 0 aliphatic carbocycles. The highest BCUT2D eigenvalue weighted by Gasteiger charge is 2.46. The van der Waals surface area contributed by atoms with Crippen molar-refractivity contribution < 1.29 is 18.9 Å². The van der Waals surface area contributed by atoms with Crippen molar-refractivity contribution >= 4 is 0 Å². The van der Waals surface area contributed by atoms with Gasteiger partial charge >= 0.3 is 0 Å². The van der Waals surface area contributed by atoms with Crippen molar-refractivity contribution in [1.29, 1.82) is 5.26 Å². The monoisotopic (exact) mass is 429 g/mol. The number of rotatable bonds is 10. The van der Waals surface area contributed by atoms with Crippen LogP contribution < -0.4 is 0 Å². The molecule has 164 valence electrons. The maximum absolute atomic E-state index is 9.71. The number of hydrogen-bond acceptors (Lipinski definition) is 5. The molecule has 3 aromatic rings. The molecule has 4 unspecified atom stereocenters. The molecule has 32 heavy (non-hydrogen) atoms. The number of hydrogen-bond donors (Lipinski definition) is 0. The molecule has 0 spiro atoms. The van der Waals surface area contributed by atoms with Gasteiger partial charge in [0.15, 0.2) is 6.10 Å². The van der Waals surface area contributed by atoms with Crippen molar-refractivity contribution in [2.75, 3.05) is 6.61 Å². The highest BCUT2D eigenvalue weighted by Crippen LogP contribution is 2.29. The topological polar surface area (TPSA) is 60.7 Å². The zero-order chi connectivity index (χ0) is 22.0. The van der Waals surface area contributed by atoms with E-state index in [2.05, 4.69) is 6.07 Å². The highest BCUT2D eigenvalue weighted by molar-refractivity contribution is 5.16. The minimum atomic E-state index is -0.718. The molecule has 0 radical (unpaired) electrons. The third-order valence-corrected chi connectivity index (χ3v) is 5.40. The second-order valence-electron chi connectivity index (χ2n) is 7.75. The third kappa shape index (κ3) is 6.03. The van der Waals surface area contributed by atoms with Crippen LogP contribution in [-0.2, 0) is 38.8 Å².